The number of hydrogen-bond acceptors (Lipinski definition) is 6. The molecule has 0 aliphatic rings. The Balaban J connectivity index is 1.33. The van der Waals surface area contributed by atoms with Gasteiger partial charge in [0.1, 0.15) is 0 Å². The van der Waals surface area contributed by atoms with Gasteiger partial charge >= 0.3 is 0 Å². The largest absolute Gasteiger partial charge is 0.493 e. The molecule has 0 bridgehead atoms. The molecular formula is C24H19N3O3S. The van der Waals surface area contributed by atoms with E-state index in [1.54, 1.807) is 29.5 Å². The highest BCUT2D eigenvalue weighted by atomic mass is 32.1. The minimum absolute atomic E-state index is 0.171. The third kappa shape index (κ3) is 5.00. The van der Waals surface area contributed by atoms with Crippen LogP contribution >= 0.6 is 11.3 Å². The average Bonchev–Trinajstić information content (AvgIpc) is 3.21. The van der Waals surface area contributed by atoms with E-state index in [4.69, 9.17) is 14.7 Å². The van der Waals surface area contributed by atoms with Crippen molar-refractivity contribution in [1.82, 2.24) is 4.98 Å². The van der Waals surface area contributed by atoms with Crippen LogP contribution in [0.5, 0.6) is 11.5 Å². The fraction of sp³-hybridized carbons (Fsp3) is 0.125. The summed E-state index contributed by atoms with van der Waals surface area (Å²) in [6.07, 6.45) is 0.745. The van der Waals surface area contributed by atoms with Gasteiger partial charge in [-0.05, 0) is 42.0 Å². The molecule has 154 valence electrons. The maximum atomic E-state index is 12.2. The lowest BCUT2D eigenvalue weighted by molar-refractivity contribution is -0.118. The number of nitrogens with one attached hydrogen (secondary N) is 1. The van der Waals surface area contributed by atoms with Gasteiger partial charge < -0.3 is 14.8 Å². The predicted octanol–water partition coefficient (Wildman–Crippen LogP) is 4.78. The second kappa shape index (κ2) is 9.28. The lowest BCUT2D eigenvalue weighted by Crippen LogP contribution is -2.20. The van der Waals surface area contributed by atoms with Crippen LogP contribution in [0, 0.1) is 11.3 Å². The highest BCUT2D eigenvalue weighted by Gasteiger charge is 2.10. The number of carbonyl (C=O) groups is 1. The molecule has 0 radical (unpaired) electrons. The number of aromatic nitrogens is 1. The minimum atomic E-state index is -0.287. The zero-order valence-electron chi connectivity index (χ0n) is 16.8. The Morgan fingerprint density at radius 1 is 1.10 bits per heavy atom. The first-order valence-corrected chi connectivity index (χ1v) is 10.4. The highest BCUT2D eigenvalue weighted by Crippen LogP contribution is 2.28. The third-order valence-corrected chi connectivity index (χ3v) is 5.62. The van der Waals surface area contributed by atoms with Crippen LogP contribution in [0.25, 0.3) is 10.2 Å². The molecule has 31 heavy (non-hydrogen) atoms. The molecule has 1 amide bonds. The number of nitriles is 1. The van der Waals surface area contributed by atoms with Crippen LogP contribution in [0.2, 0.25) is 0 Å². The Morgan fingerprint density at radius 2 is 1.90 bits per heavy atom. The number of hydrogen-bond donors (Lipinski definition) is 1. The second-order valence-corrected chi connectivity index (χ2v) is 7.88. The fourth-order valence-electron chi connectivity index (χ4n) is 3.07. The first-order valence-electron chi connectivity index (χ1n) is 9.59. The predicted molar refractivity (Wildman–Crippen MR) is 121 cm³/mol. The number of para-hydroxylation sites is 1. The van der Waals surface area contributed by atoms with Gasteiger partial charge in [-0.2, -0.15) is 5.26 Å². The van der Waals surface area contributed by atoms with Gasteiger partial charge in [0, 0.05) is 18.2 Å². The van der Waals surface area contributed by atoms with Gasteiger partial charge in [-0.1, -0.05) is 24.3 Å². The van der Waals surface area contributed by atoms with E-state index in [1.165, 1.54) is 11.8 Å². The third-order valence-electron chi connectivity index (χ3n) is 4.58. The van der Waals surface area contributed by atoms with Crippen LogP contribution in [0.4, 0.5) is 5.69 Å². The van der Waals surface area contributed by atoms with Crippen molar-refractivity contribution in [1.29, 1.82) is 5.26 Å². The number of anilines is 1. The Bertz CT molecular complexity index is 1230. The van der Waals surface area contributed by atoms with Crippen molar-refractivity contribution < 1.29 is 14.3 Å². The van der Waals surface area contributed by atoms with E-state index in [0.717, 1.165) is 22.5 Å². The van der Waals surface area contributed by atoms with Gasteiger partial charge in [0.25, 0.3) is 5.91 Å². The van der Waals surface area contributed by atoms with Gasteiger partial charge in [0.05, 0.1) is 34.0 Å². The van der Waals surface area contributed by atoms with Crippen LogP contribution in [-0.4, -0.2) is 24.6 Å². The summed E-state index contributed by atoms with van der Waals surface area (Å²) in [4.78, 5) is 16.9. The van der Waals surface area contributed by atoms with Crippen LogP contribution in [0.15, 0.2) is 66.7 Å². The average molecular weight is 430 g/mol. The molecule has 0 atom stereocenters. The van der Waals surface area contributed by atoms with Crippen molar-refractivity contribution in [2.24, 2.45) is 0 Å². The van der Waals surface area contributed by atoms with Crippen LogP contribution < -0.4 is 14.8 Å². The number of methoxy groups -OCH3 is 1. The molecule has 0 aliphatic carbocycles. The molecule has 0 unspecified atom stereocenters. The summed E-state index contributed by atoms with van der Waals surface area (Å²) in [6.45, 7) is -0.171. The summed E-state index contributed by atoms with van der Waals surface area (Å²) in [5, 5.41) is 12.8. The monoisotopic (exact) mass is 429 g/mol. The number of amides is 1. The molecule has 1 heterocycles. The number of nitrogens with zero attached hydrogens (tertiary/aromatic N) is 2. The van der Waals surface area contributed by atoms with E-state index in [1.807, 2.05) is 48.5 Å². The van der Waals surface area contributed by atoms with E-state index < -0.39 is 0 Å². The molecule has 1 aromatic heterocycles. The van der Waals surface area contributed by atoms with Gasteiger partial charge in [-0.3, -0.25) is 4.79 Å². The molecule has 3 aromatic carbocycles. The van der Waals surface area contributed by atoms with Crippen molar-refractivity contribution in [3.8, 4) is 17.6 Å². The maximum Gasteiger partial charge on any atom is 0.262 e. The summed E-state index contributed by atoms with van der Waals surface area (Å²) >= 11 is 1.69. The van der Waals surface area contributed by atoms with Gasteiger partial charge in [-0.15, -0.1) is 11.3 Å². The summed E-state index contributed by atoms with van der Waals surface area (Å²) < 4.78 is 11.9. The number of carbonyl (C=O) groups excluding carboxylic acids is 1. The molecule has 0 saturated heterocycles. The van der Waals surface area contributed by atoms with E-state index >= 15 is 0 Å². The first-order chi connectivity index (χ1) is 15.1. The Morgan fingerprint density at radius 3 is 2.65 bits per heavy atom. The lowest BCUT2D eigenvalue weighted by Gasteiger charge is -2.11. The van der Waals surface area contributed by atoms with E-state index in [-0.39, 0.29) is 12.5 Å². The standard InChI is InChI=1S/C24H19N3O3S/c1-29-21-12-17(14-25)8-11-20(21)30-15-23(28)26-18-9-6-16(7-10-18)13-24-27-19-4-2-3-5-22(19)31-24/h2-12H,13,15H2,1H3,(H,26,28). The van der Waals surface area contributed by atoms with Gasteiger partial charge in [0.2, 0.25) is 0 Å². The molecule has 7 heteroatoms. The SMILES string of the molecule is COc1cc(C#N)ccc1OCC(=O)Nc1ccc(Cc2nc3ccccc3s2)cc1. The smallest absolute Gasteiger partial charge is 0.262 e. The normalized spacial score (nSPS) is 10.5. The number of rotatable bonds is 7. The molecule has 6 nitrogen and oxygen atoms in total. The Labute approximate surface area is 183 Å². The van der Waals surface area contributed by atoms with Crippen LogP contribution in [0.1, 0.15) is 16.1 Å². The molecule has 0 fully saturated rings. The summed E-state index contributed by atoms with van der Waals surface area (Å²) in [5.41, 5.74) is 3.29. The van der Waals surface area contributed by atoms with E-state index in [9.17, 15) is 4.79 Å². The highest BCUT2D eigenvalue weighted by molar-refractivity contribution is 7.18. The van der Waals surface area contributed by atoms with Crippen molar-refractivity contribution in [2.75, 3.05) is 19.0 Å². The molecule has 0 aliphatic heterocycles. The maximum absolute atomic E-state index is 12.2. The fourth-order valence-corrected chi connectivity index (χ4v) is 4.07. The van der Waals surface area contributed by atoms with Crippen molar-refractivity contribution in [2.45, 2.75) is 6.42 Å². The number of fused-ring (bicyclic) bond motifs is 1. The van der Waals surface area contributed by atoms with Crippen LogP contribution in [0.3, 0.4) is 0 Å². The molecule has 0 spiro atoms. The summed E-state index contributed by atoms with van der Waals surface area (Å²) in [6, 6.07) is 22.6. The van der Waals surface area contributed by atoms with Crippen molar-refractivity contribution in [3.05, 3.63) is 82.9 Å². The van der Waals surface area contributed by atoms with Crippen molar-refractivity contribution in [3.63, 3.8) is 0 Å². The molecule has 1 N–H and O–H groups in total. The quantitative estimate of drug-likeness (QED) is 0.457. The number of thiazole rings is 1. The summed E-state index contributed by atoms with van der Waals surface area (Å²) in [5.74, 6) is 0.527. The summed E-state index contributed by atoms with van der Waals surface area (Å²) in [7, 11) is 1.49. The number of benzene rings is 3. The molecule has 4 rings (SSSR count). The topological polar surface area (TPSA) is 84.2 Å². The Kier molecular flexibility index (Phi) is 6.11. The zero-order chi connectivity index (χ0) is 21.6. The first kappa shape index (κ1) is 20.4. The Hall–Kier alpha value is -3.89. The second-order valence-electron chi connectivity index (χ2n) is 6.76. The zero-order valence-corrected chi connectivity index (χ0v) is 17.6. The van der Waals surface area contributed by atoms with E-state index in [0.29, 0.717) is 22.7 Å². The molecule has 0 saturated carbocycles. The van der Waals surface area contributed by atoms with Gasteiger partial charge in [-0.25, -0.2) is 4.98 Å². The van der Waals surface area contributed by atoms with Crippen LogP contribution in [-0.2, 0) is 11.2 Å². The van der Waals surface area contributed by atoms with Crippen molar-refractivity contribution >= 4 is 33.1 Å². The molecular weight excluding hydrogens is 410 g/mol. The number of ether oxygens (including phenoxy) is 2. The minimum Gasteiger partial charge on any atom is -0.493 e. The van der Waals surface area contributed by atoms with Gasteiger partial charge in [0.15, 0.2) is 18.1 Å². The molecule has 4 aromatic rings. The lowest BCUT2D eigenvalue weighted by atomic mass is 10.1. The van der Waals surface area contributed by atoms with E-state index in [2.05, 4.69) is 16.4 Å².